The molecule has 0 saturated carbocycles. The molecule has 0 heterocycles. The topological polar surface area (TPSA) is 24.1 Å². The Balaban J connectivity index is 2.66. The van der Waals surface area contributed by atoms with Crippen LogP contribution in [0.3, 0.4) is 0 Å². The van der Waals surface area contributed by atoms with Crippen molar-refractivity contribution in [3.05, 3.63) is 12.7 Å². The quantitative estimate of drug-likeness (QED) is 0.399. The molecule has 0 aromatic carbocycles. The van der Waals surface area contributed by atoms with Gasteiger partial charge in [0.05, 0.1) is 0 Å². The molecular weight excluding hydrogens is 112 g/mol. The molecule has 0 saturated heterocycles. The molecule has 2 heteroatoms. The van der Waals surface area contributed by atoms with Crippen LogP contribution in [-0.4, -0.2) is 26.2 Å². The molecular formula is C7H16N2. The molecule has 0 fully saturated rings. The van der Waals surface area contributed by atoms with Gasteiger partial charge in [0.25, 0.3) is 0 Å². The van der Waals surface area contributed by atoms with Crippen LogP contribution in [0.4, 0.5) is 0 Å². The fourth-order valence-corrected chi connectivity index (χ4v) is 0.558. The van der Waals surface area contributed by atoms with E-state index in [2.05, 4.69) is 24.1 Å². The Morgan fingerprint density at radius 2 is 2.00 bits per heavy atom. The largest absolute Gasteiger partial charge is 0.316 e. The molecule has 0 radical (unpaired) electrons. The first-order valence-corrected chi connectivity index (χ1v) is 3.44. The number of hydrogen-bond acceptors (Lipinski definition) is 2. The normalized spacial score (nSPS) is 9.44. The van der Waals surface area contributed by atoms with Gasteiger partial charge in [0.15, 0.2) is 0 Å². The van der Waals surface area contributed by atoms with Crippen molar-refractivity contribution in [2.45, 2.75) is 6.92 Å². The minimum atomic E-state index is 0.908. The highest BCUT2D eigenvalue weighted by Gasteiger charge is 1.80. The summed E-state index contributed by atoms with van der Waals surface area (Å²) in [5, 5.41) is 6.40. The smallest absolute Gasteiger partial charge is 0.0132 e. The van der Waals surface area contributed by atoms with Gasteiger partial charge in [-0.1, -0.05) is 13.0 Å². The van der Waals surface area contributed by atoms with E-state index in [1.807, 2.05) is 6.08 Å². The summed E-state index contributed by atoms with van der Waals surface area (Å²) in [6.45, 7) is 9.73. The average molecular weight is 128 g/mol. The van der Waals surface area contributed by atoms with Crippen LogP contribution in [0.15, 0.2) is 12.7 Å². The number of likely N-dealkylation sites (N-methyl/N-ethyl adjacent to an activating group) is 1. The SMILES string of the molecule is C=CCNCCNCC. The molecule has 0 aromatic heterocycles. The number of nitrogens with one attached hydrogen (secondary N) is 2. The first-order chi connectivity index (χ1) is 4.41. The van der Waals surface area contributed by atoms with Gasteiger partial charge in [-0.3, -0.25) is 0 Å². The molecule has 0 amide bonds. The Morgan fingerprint density at radius 3 is 2.56 bits per heavy atom. The third-order valence-corrected chi connectivity index (χ3v) is 1.02. The maximum absolute atomic E-state index is 3.60. The van der Waals surface area contributed by atoms with Crippen molar-refractivity contribution >= 4 is 0 Å². The zero-order chi connectivity index (χ0) is 6.95. The molecule has 0 bridgehead atoms. The van der Waals surface area contributed by atoms with Crippen molar-refractivity contribution in [1.29, 1.82) is 0 Å². The molecule has 0 rings (SSSR count). The van der Waals surface area contributed by atoms with Gasteiger partial charge in [0, 0.05) is 19.6 Å². The Hall–Kier alpha value is -0.340. The highest BCUT2D eigenvalue weighted by atomic mass is 14.9. The van der Waals surface area contributed by atoms with E-state index >= 15 is 0 Å². The zero-order valence-electron chi connectivity index (χ0n) is 6.11. The second-order valence-corrected chi connectivity index (χ2v) is 1.85. The van der Waals surface area contributed by atoms with E-state index in [4.69, 9.17) is 0 Å². The molecule has 0 aliphatic rings. The van der Waals surface area contributed by atoms with Gasteiger partial charge in [-0.05, 0) is 6.54 Å². The molecule has 0 aliphatic heterocycles. The molecule has 0 aromatic rings. The Kier molecular flexibility index (Phi) is 7.37. The third-order valence-electron chi connectivity index (χ3n) is 1.02. The van der Waals surface area contributed by atoms with E-state index in [9.17, 15) is 0 Å². The first kappa shape index (κ1) is 8.66. The van der Waals surface area contributed by atoms with Gasteiger partial charge in [-0.15, -0.1) is 6.58 Å². The van der Waals surface area contributed by atoms with Crippen molar-refractivity contribution in [2.75, 3.05) is 26.2 Å². The van der Waals surface area contributed by atoms with Gasteiger partial charge in [-0.25, -0.2) is 0 Å². The monoisotopic (exact) mass is 128 g/mol. The molecule has 54 valence electrons. The summed E-state index contributed by atoms with van der Waals surface area (Å²) in [6, 6.07) is 0. The number of hydrogen-bond donors (Lipinski definition) is 2. The summed E-state index contributed by atoms with van der Waals surface area (Å²) in [5.74, 6) is 0. The van der Waals surface area contributed by atoms with Gasteiger partial charge in [0.1, 0.15) is 0 Å². The van der Waals surface area contributed by atoms with Crippen molar-refractivity contribution in [3.63, 3.8) is 0 Å². The van der Waals surface area contributed by atoms with Crippen molar-refractivity contribution in [3.8, 4) is 0 Å². The fourth-order valence-electron chi connectivity index (χ4n) is 0.558. The molecule has 0 spiro atoms. The van der Waals surface area contributed by atoms with Crippen LogP contribution in [0.25, 0.3) is 0 Å². The Bertz CT molecular complexity index is 61.9. The van der Waals surface area contributed by atoms with E-state index in [-0.39, 0.29) is 0 Å². The van der Waals surface area contributed by atoms with Gasteiger partial charge in [-0.2, -0.15) is 0 Å². The van der Waals surface area contributed by atoms with Crippen LogP contribution >= 0.6 is 0 Å². The molecule has 0 aliphatic carbocycles. The van der Waals surface area contributed by atoms with E-state index in [1.54, 1.807) is 0 Å². The van der Waals surface area contributed by atoms with Crippen molar-refractivity contribution in [2.24, 2.45) is 0 Å². The highest BCUT2D eigenvalue weighted by molar-refractivity contribution is 4.69. The minimum Gasteiger partial charge on any atom is -0.316 e. The zero-order valence-corrected chi connectivity index (χ0v) is 6.11. The highest BCUT2D eigenvalue weighted by Crippen LogP contribution is 1.60. The first-order valence-electron chi connectivity index (χ1n) is 3.44. The molecule has 2 N–H and O–H groups in total. The number of rotatable bonds is 6. The lowest BCUT2D eigenvalue weighted by atomic mass is 10.5. The van der Waals surface area contributed by atoms with Crippen LogP contribution in [0, 0.1) is 0 Å². The predicted molar refractivity (Wildman–Crippen MR) is 41.6 cm³/mol. The van der Waals surface area contributed by atoms with Crippen molar-refractivity contribution in [1.82, 2.24) is 10.6 Å². The van der Waals surface area contributed by atoms with E-state index in [0.29, 0.717) is 0 Å². The molecule has 0 atom stereocenters. The van der Waals surface area contributed by atoms with Crippen molar-refractivity contribution < 1.29 is 0 Å². The second kappa shape index (κ2) is 7.66. The van der Waals surface area contributed by atoms with Gasteiger partial charge < -0.3 is 10.6 Å². The van der Waals surface area contributed by atoms with E-state index in [1.165, 1.54) is 0 Å². The van der Waals surface area contributed by atoms with Crippen LogP contribution in [0.5, 0.6) is 0 Å². The maximum Gasteiger partial charge on any atom is 0.0132 e. The van der Waals surface area contributed by atoms with Crippen LogP contribution < -0.4 is 10.6 Å². The lowest BCUT2D eigenvalue weighted by Crippen LogP contribution is -2.26. The summed E-state index contributed by atoms with van der Waals surface area (Å²) in [6.07, 6.45) is 1.87. The maximum atomic E-state index is 3.60. The lowest BCUT2D eigenvalue weighted by molar-refractivity contribution is 0.654. The Labute approximate surface area is 57.3 Å². The van der Waals surface area contributed by atoms with Crippen LogP contribution in [0.2, 0.25) is 0 Å². The lowest BCUT2D eigenvalue weighted by Gasteiger charge is -2.00. The van der Waals surface area contributed by atoms with Crippen LogP contribution in [0.1, 0.15) is 6.92 Å². The summed E-state index contributed by atoms with van der Waals surface area (Å²) < 4.78 is 0. The summed E-state index contributed by atoms with van der Waals surface area (Å²) in [4.78, 5) is 0. The van der Waals surface area contributed by atoms with E-state index < -0.39 is 0 Å². The standard InChI is InChI=1S/C7H16N2/c1-3-5-9-7-6-8-4-2/h3,8-9H,1,4-7H2,2H3. The average Bonchev–Trinajstić information content (AvgIpc) is 1.89. The van der Waals surface area contributed by atoms with Crippen LogP contribution in [-0.2, 0) is 0 Å². The summed E-state index contributed by atoms with van der Waals surface area (Å²) in [5.41, 5.74) is 0. The summed E-state index contributed by atoms with van der Waals surface area (Å²) in [7, 11) is 0. The Morgan fingerprint density at radius 1 is 1.33 bits per heavy atom. The fraction of sp³-hybridized carbons (Fsp3) is 0.714. The summed E-state index contributed by atoms with van der Waals surface area (Å²) >= 11 is 0. The molecule has 2 nitrogen and oxygen atoms in total. The minimum absolute atomic E-state index is 0.908. The predicted octanol–water partition coefficient (Wildman–Crippen LogP) is 0.371. The molecule has 0 unspecified atom stereocenters. The molecule has 9 heavy (non-hydrogen) atoms. The second-order valence-electron chi connectivity index (χ2n) is 1.85. The third kappa shape index (κ3) is 7.66. The van der Waals surface area contributed by atoms with E-state index in [0.717, 1.165) is 26.2 Å². The van der Waals surface area contributed by atoms with Gasteiger partial charge >= 0.3 is 0 Å². The van der Waals surface area contributed by atoms with Gasteiger partial charge in [0.2, 0.25) is 0 Å².